The molecule has 0 aliphatic rings. The molecule has 1 aromatic rings. The molecule has 1 heterocycles. The van der Waals surface area contributed by atoms with Crippen LogP contribution in [0.3, 0.4) is 0 Å². The second-order valence-electron chi connectivity index (χ2n) is 1.98. The Morgan fingerprint density at radius 1 is 1.90 bits per heavy atom. The predicted molar refractivity (Wildman–Crippen MR) is 41.0 cm³/mol. The third-order valence-corrected chi connectivity index (χ3v) is 1.48. The van der Waals surface area contributed by atoms with Crippen LogP contribution in [0.5, 0.6) is 0 Å². The third kappa shape index (κ3) is 1.39. The van der Waals surface area contributed by atoms with Crippen molar-refractivity contribution in [3.63, 3.8) is 0 Å². The van der Waals surface area contributed by atoms with Crippen molar-refractivity contribution in [1.29, 1.82) is 0 Å². The van der Waals surface area contributed by atoms with Gasteiger partial charge in [0, 0.05) is 19.5 Å². The molecule has 0 bridgehead atoms. The molecule has 10 heavy (non-hydrogen) atoms. The number of rotatable bonds is 2. The van der Waals surface area contributed by atoms with E-state index in [0.29, 0.717) is 5.15 Å². The largest absolute Gasteiger partial charge is 0.256 e. The van der Waals surface area contributed by atoms with Crippen LogP contribution in [0.2, 0.25) is 5.15 Å². The van der Waals surface area contributed by atoms with E-state index in [0.717, 1.165) is 12.1 Å². The zero-order chi connectivity index (χ0) is 7.56. The van der Waals surface area contributed by atoms with Crippen LogP contribution in [0.25, 0.3) is 0 Å². The quantitative estimate of drug-likeness (QED) is 0.594. The summed E-state index contributed by atoms with van der Waals surface area (Å²) in [6.07, 6.45) is 2.50. The number of nitrogens with zero attached hydrogens (tertiary/aromatic N) is 2. The summed E-state index contributed by atoms with van der Waals surface area (Å²) in [7, 11) is 1.78. The van der Waals surface area contributed by atoms with Crippen molar-refractivity contribution in [3.05, 3.63) is 29.6 Å². The fourth-order valence-electron chi connectivity index (χ4n) is 0.679. The topological polar surface area (TPSA) is 17.8 Å². The van der Waals surface area contributed by atoms with Crippen LogP contribution in [0.4, 0.5) is 0 Å². The maximum Gasteiger partial charge on any atom is 0.135 e. The summed E-state index contributed by atoms with van der Waals surface area (Å²) in [6.45, 7) is 3.58. The van der Waals surface area contributed by atoms with Crippen LogP contribution < -0.4 is 0 Å². The van der Waals surface area contributed by atoms with Crippen LogP contribution in [0.15, 0.2) is 12.7 Å². The van der Waals surface area contributed by atoms with Gasteiger partial charge in [-0.1, -0.05) is 17.7 Å². The summed E-state index contributed by atoms with van der Waals surface area (Å²) >= 11 is 5.68. The van der Waals surface area contributed by atoms with Gasteiger partial charge in [0.25, 0.3) is 0 Å². The Morgan fingerprint density at radius 3 is 3.00 bits per heavy atom. The standard InChI is InChI=1S/C7H8ClN2/c1-3-4-6-5-7(8)10(2)9-6/h3H,1,4H2,2H3. The van der Waals surface area contributed by atoms with E-state index in [1.807, 2.05) is 0 Å². The van der Waals surface area contributed by atoms with Crippen LogP contribution in [0.1, 0.15) is 5.69 Å². The number of aromatic nitrogens is 2. The molecule has 1 radical (unpaired) electrons. The second-order valence-corrected chi connectivity index (χ2v) is 2.34. The van der Waals surface area contributed by atoms with Crippen molar-refractivity contribution < 1.29 is 0 Å². The number of hydrogen-bond donors (Lipinski definition) is 0. The van der Waals surface area contributed by atoms with Crippen molar-refractivity contribution in [2.75, 3.05) is 0 Å². The summed E-state index contributed by atoms with van der Waals surface area (Å²) in [4.78, 5) is 0. The lowest BCUT2D eigenvalue weighted by Gasteiger charge is -1.86. The van der Waals surface area contributed by atoms with Crippen LogP contribution in [0, 0.1) is 6.07 Å². The highest BCUT2D eigenvalue weighted by Gasteiger charge is 1.99. The van der Waals surface area contributed by atoms with Gasteiger partial charge in [0.15, 0.2) is 0 Å². The molecule has 0 aromatic carbocycles. The van der Waals surface area contributed by atoms with E-state index >= 15 is 0 Å². The molecule has 3 heteroatoms. The smallest absolute Gasteiger partial charge is 0.135 e. The minimum Gasteiger partial charge on any atom is -0.256 e. The number of aryl methyl sites for hydroxylation is 1. The van der Waals surface area contributed by atoms with E-state index in [4.69, 9.17) is 11.6 Å². The van der Waals surface area contributed by atoms with Crippen molar-refractivity contribution in [2.45, 2.75) is 6.42 Å². The third-order valence-electron chi connectivity index (χ3n) is 1.14. The first kappa shape index (κ1) is 7.35. The van der Waals surface area contributed by atoms with Crippen LogP contribution in [-0.4, -0.2) is 9.78 Å². The summed E-state index contributed by atoms with van der Waals surface area (Å²) in [6, 6.07) is 2.89. The van der Waals surface area contributed by atoms with Crippen molar-refractivity contribution in [2.24, 2.45) is 7.05 Å². The van der Waals surface area contributed by atoms with Gasteiger partial charge in [-0.25, -0.2) is 0 Å². The van der Waals surface area contributed by atoms with Crippen molar-refractivity contribution in [3.8, 4) is 0 Å². The van der Waals surface area contributed by atoms with E-state index in [-0.39, 0.29) is 0 Å². The molecule has 0 fully saturated rings. The predicted octanol–water partition coefficient (Wildman–Crippen LogP) is 1.60. The molecule has 0 saturated carbocycles. The highest BCUT2D eigenvalue weighted by molar-refractivity contribution is 6.29. The number of hydrogen-bond acceptors (Lipinski definition) is 1. The molecule has 1 rings (SSSR count). The zero-order valence-electron chi connectivity index (χ0n) is 5.76. The van der Waals surface area contributed by atoms with Gasteiger partial charge in [-0.2, -0.15) is 5.10 Å². The normalized spacial score (nSPS) is 9.80. The Morgan fingerprint density at radius 2 is 2.60 bits per heavy atom. The molecule has 1 aromatic heterocycles. The Kier molecular flexibility index (Phi) is 2.12. The van der Waals surface area contributed by atoms with Gasteiger partial charge in [0.1, 0.15) is 5.15 Å². The minimum atomic E-state index is 0.539. The molecular formula is C7H8ClN2. The van der Waals surface area contributed by atoms with Gasteiger partial charge in [-0.05, 0) is 0 Å². The van der Waals surface area contributed by atoms with Gasteiger partial charge < -0.3 is 0 Å². The van der Waals surface area contributed by atoms with Gasteiger partial charge in [0.2, 0.25) is 0 Å². The minimum absolute atomic E-state index is 0.539. The molecule has 53 valence electrons. The fraction of sp³-hybridized carbons (Fsp3) is 0.286. The molecule has 0 saturated heterocycles. The van der Waals surface area contributed by atoms with Crippen LogP contribution >= 0.6 is 11.6 Å². The lowest BCUT2D eigenvalue weighted by Crippen LogP contribution is -1.90. The maximum atomic E-state index is 5.68. The molecule has 2 nitrogen and oxygen atoms in total. The average molecular weight is 156 g/mol. The molecule has 0 aliphatic heterocycles. The molecular weight excluding hydrogens is 148 g/mol. The Bertz CT molecular complexity index is 220. The molecule has 0 unspecified atom stereocenters. The zero-order valence-corrected chi connectivity index (χ0v) is 6.52. The Balaban J connectivity index is 2.86. The summed E-state index contributed by atoms with van der Waals surface area (Å²) in [5.74, 6) is 0. The molecule has 0 spiro atoms. The first-order valence-electron chi connectivity index (χ1n) is 2.95. The Labute approximate surface area is 65.1 Å². The van der Waals surface area contributed by atoms with E-state index < -0.39 is 0 Å². The molecule has 0 aliphatic carbocycles. The molecule has 0 N–H and O–H groups in total. The lowest BCUT2D eigenvalue weighted by molar-refractivity contribution is 0.752. The van der Waals surface area contributed by atoms with Gasteiger partial charge >= 0.3 is 0 Å². The second kappa shape index (κ2) is 2.88. The summed E-state index contributed by atoms with van der Waals surface area (Å²) in [5, 5.41) is 4.60. The molecule has 0 amide bonds. The number of allylic oxidation sites excluding steroid dienone is 1. The van der Waals surface area contributed by atoms with Crippen molar-refractivity contribution in [1.82, 2.24) is 9.78 Å². The van der Waals surface area contributed by atoms with Gasteiger partial charge in [0.05, 0.1) is 5.69 Å². The average Bonchev–Trinajstić information content (AvgIpc) is 2.14. The van der Waals surface area contributed by atoms with E-state index in [9.17, 15) is 0 Å². The Hall–Kier alpha value is -0.760. The highest BCUT2D eigenvalue weighted by atomic mass is 35.5. The van der Waals surface area contributed by atoms with Crippen LogP contribution in [-0.2, 0) is 13.5 Å². The highest BCUT2D eigenvalue weighted by Crippen LogP contribution is 2.07. The number of halogens is 1. The summed E-state index contributed by atoms with van der Waals surface area (Å²) in [5.41, 5.74) is 0.836. The fourth-order valence-corrected chi connectivity index (χ4v) is 0.825. The summed E-state index contributed by atoms with van der Waals surface area (Å²) < 4.78 is 1.58. The van der Waals surface area contributed by atoms with E-state index in [2.05, 4.69) is 17.7 Å². The monoisotopic (exact) mass is 155 g/mol. The van der Waals surface area contributed by atoms with Crippen molar-refractivity contribution >= 4 is 11.6 Å². The van der Waals surface area contributed by atoms with Gasteiger partial charge in [-0.3, -0.25) is 4.68 Å². The SMILES string of the molecule is C=CCc1[c]c(Cl)n(C)n1. The lowest BCUT2D eigenvalue weighted by atomic mass is 10.3. The van der Waals surface area contributed by atoms with E-state index in [1.54, 1.807) is 17.8 Å². The maximum absolute atomic E-state index is 5.68. The first-order valence-corrected chi connectivity index (χ1v) is 3.33. The molecule has 0 atom stereocenters. The van der Waals surface area contributed by atoms with Gasteiger partial charge in [-0.15, -0.1) is 6.58 Å². The first-order chi connectivity index (χ1) is 4.74. The van der Waals surface area contributed by atoms with E-state index in [1.165, 1.54) is 0 Å².